The third-order valence-corrected chi connectivity index (χ3v) is 4.23. The average Bonchev–Trinajstić information content (AvgIpc) is 2.70. The van der Waals surface area contributed by atoms with Crippen LogP contribution in [0.5, 0.6) is 0 Å². The molecule has 0 amide bonds. The Morgan fingerprint density at radius 3 is 2.43 bits per heavy atom. The maximum absolute atomic E-state index is 13.3. The highest BCUT2D eigenvalue weighted by atomic mass is 79.9. The Balaban J connectivity index is 2.27. The van der Waals surface area contributed by atoms with Gasteiger partial charge in [-0.05, 0) is 68.2 Å². The van der Waals surface area contributed by atoms with Gasteiger partial charge in [-0.2, -0.15) is 5.10 Å². The van der Waals surface area contributed by atoms with E-state index in [1.165, 1.54) is 6.07 Å². The summed E-state index contributed by atoms with van der Waals surface area (Å²) in [6.45, 7) is 10.4. The molecular weight excluding hydrogens is 333 g/mol. The van der Waals surface area contributed by atoms with Crippen LogP contribution >= 0.6 is 15.9 Å². The van der Waals surface area contributed by atoms with Gasteiger partial charge in [-0.3, -0.25) is 4.68 Å². The maximum atomic E-state index is 13.3. The van der Waals surface area contributed by atoms with Crippen LogP contribution in [0.2, 0.25) is 0 Å². The Morgan fingerprint density at radius 1 is 1.24 bits per heavy atom. The Hall–Kier alpha value is -1.36. The number of aryl methyl sites for hydroxylation is 1. The number of nitrogens with zero attached hydrogens (tertiary/aromatic N) is 2. The van der Waals surface area contributed by atoms with Crippen LogP contribution in [0.1, 0.15) is 49.8 Å². The number of hydrogen-bond acceptors (Lipinski definition) is 2. The van der Waals surface area contributed by atoms with Crippen molar-refractivity contribution in [2.45, 2.75) is 46.7 Å². The second-order valence-corrected chi connectivity index (χ2v) is 6.48. The molecule has 0 aliphatic rings. The second-order valence-electron chi connectivity index (χ2n) is 5.62. The Morgan fingerprint density at radius 2 is 1.90 bits per heavy atom. The Kier molecular flexibility index (Phi) is 4.71. The molecule has 2 aromatic rings. The van der Waals surface area contributed by atoms with E-state index >= 15 is 0 Å². The van der Waals surface area contributed by atoms with Gasteiger partial charge in [0.1, 0.15) is 5.82 Å². The molecule has 114 valence electrons. The molecule has 0 fully saturated rings. The summed E-state index contributed by atoms with van der Waals surface area (Å²) in [6, 6.07) is 5.49. The summed E-state index contributed by atoms with van der Waals surface area (Å²) in [4.78, 5) is 0. The summed E-state index contributed by atoms with van der Waals surface area (Å²) >= 11 is 3.23. The zero-order chi connectivity index (χ0) is 15.7. The zero-order valence-corrected chi connectivity index (χ0v) is 14.6. The van der Waals surface area contributed by atoms with Crippen molar-refractivity contribution >= 4 is 21.6 Å². The van der Waals surface area contributed by atoms with Crippen molar-refractivity contribution in [2.75, 3.05) is 5.32 Å². The standard InChI is InChI=1S/C16H21BrFN3/c1-9(2)21-12(5)16(11(4)20-21)19-10(3)13-6-7-15(18)14(17)8-13/h6-10,19H,1-5H3. The molecule has 1 heterocycles. The average molecular weight is 354 g/mol. The number of anilines is 1. The van der Waals surface area contributed by atoms with Crippen molar-refractivity contribution in [3.8, 4) is 0 Å². The smallest absolute Gasteiger partial charge is 0.137 e. The predicted octanol–water partition coefficient (Wildman–Crippen LogP) is 5.16. The fraction of sp³-hybridized carbons (Fsp3) is 0.438. The normalized spacial score (nSPS) is 12.8. The number of hydrogen-bond donors (Lipinski definition) is 1. The quantitative estimate of drug-likeness (QED) is 0.822. The summed E-state index contributed by atoms with van der Waals surface area (Å²) in [6.07, 6.45) is 0. The molecule has 1 aromatic carbocycles. The van der Waals surface area contributed by atoms with Crippen molar-refractivity contribution in [3.05, 3.63) is 45.4 Å². The van der Waals surface area contributed by atoms with E-state index in [0.29, 0.717) is 10.5 Å². The zero-order valence-electron chi connectivity index (χ0n) is 13.0. The monoisotopic (exact) mass is 353 g/mol. The third kappa shape index (κ3) is 3.28. The van der Waals surface area contributed by atoms with Crippen LogP contribution in [0.4, 0.5) is 10.1 Å². The SMILES string of the molecule is Cc1nn(C(C)C)c(C)c1NC(C)c1ccc(F)c(Br)c1. The molecule has 21 heavy (non-hydrogen) atoms. The number of rotatable bonds is 4. The van der Waals surface area contributed by atoms with Gasteiger partial charge in [-0.1, -0.05) is 6.07 Å². The lowest BCUT2D eigenvalue weighted by molar-refractivity contribution is 0.516. The molecule has 0 spiro atoms. The first-order chi connectivity index (χ1) is 9.81. The van der Waals surface area contributed by atoms with Crippen molar-refractivity contribution in [2.24, 2.45) is 0 Å². The molecule has 1 aromatic heterocycles. The summed E-state index contributed by atoms with van der Waals surface area (Å²) in [5.74, 6) is -0.245. The lowest BCUT2D eigenvalue weighted by atomic mass is 10.1. The van der Waals surface area contributed by atoms with E-state index < -0.39 is 0 Å². The number of nitrogens with one attached hydrogen (secondary N) is 1. The number of aromatic nitrogens is 2. The van der Waals surface area contributed by atoms with Crippen LogP contribution in [0.25, 0.3) is 0 Å². The first-order valence-electron chi connectivity index (χ1n) is 7.08. The lowest BCUT2D eigenvalue weighted by Crippen LogP contribution is -2.09. The molecule has 0 radical (unpaired) electrons. The summed E-state index contributed by atoms with van der Waals surface area (Å²) in [5, 5.41) is 8.06. The molecule has 0 saturated heterocycles. The third-order valence-electron chi connectivity index (χ3n) is 3.62. The Bertz CT molecular complexity index is 649. The number of benzene rings is 1. The highest BCUT2D eigenvalue weighted by Crippen LogP contribution is 2.28. The fourth-order valence-electron chi connectivity index (χ4n) is 2.46. The molecule has 1 unspecified atom stereocenters. The summed E-state index contributed by atoms with van der Waals surface area (Å²) in [5.41, 5.74) is 4.18. The molecule has 0 aliphatic heterocycles. The van der Waals surface area contributed by atoms with Gasteiger partial charge in [-0.15, -0.1) is 0 Å². The van der Waals surface area contributed by atoms with E-state index in [1.807, 2.05) is 17.7 Å². The molecule has 1 N–H and O–H groups in total. The highest BCUT2D eigenvalue weighted by molar-refractivity contribution is 9.10. The van der Waals surface area contributed by atoms with Gasteiger partial charge in [0.05, 0.1) is 21.5 Å². The molecule has 0 bridgehead atoms. The molecule has 5 heteroatoms. The summed E-state index contributed by atoms with van der Waals surface area (Å²) < 4.78 is 15.8. The van der Waals surface area contributed by atoms with Gasteiger partial charge in [0.25, 0.3) is 0 Å². The van der Waals surface area contributed by atoms with Crippen LogP contribution in [0.15, 0.2) is 22.7 Å². The first kappa shape index (κ1) is 16.0. The van der Waals surface area contributed by atoms with Gasteiger partial charge in [0, 0.05) is 12.1 Å². The lowest BCUT2D eigenvalue weighted by Gasteiger charge is -2.17. The van der Waals surface area contributed by atoms with Gasteiger partial charge < -0.3 is 5.32 Å². The van der Waals surface area contributed by atoms with Crippen LogP contribution < -0.4 is 5.32 Å². The van der Waals surface area contributed by atoms with Crippen molar-refractivity contribution in [3.63, 3.8) is 0 Å². The van der Waals surface area contributed by atoms with Gasteiger partial charge in [0.2, 0.25) is 0 Å². The molecule has 0 saturated carbocycles. The van der Waals surface area contributed by atoms with Gasteiger partial charge >= 0.3 is 0 Å². The maximum Gasteiger partial charge on any atom is 0.137 e. The largest absolute Gasteiger partial charge is 0.376 e. The molecule has 2 rings (SSSR count). The van der Waals surface area contributed by atoms with Crippen LogP contribution in [0.3, 0.4) is 0 Å². The minimum atomic E-state index is -0.245. The number of halogens is 2. The minimum absolute atomic E-state index is 0.0733. The van der Waals surface area contributed by atoms with Crippen molar-refractivity contribution in [1.29, 1.82) is 0 Å². The first-order valence-corrected chi connectivity index (χ1v) is 7.87. The highest BCUT2D eigenvalue weighted by Gasteiger charge is 2.16. The summed E-state index contributed by atoms with van der Waals surface area (Å²) in [7, 11) is 0. The van der Waals surface area contributed by atoms with Crippen molar-refractivity contribution < 1.29 is 4.39 Å². The minimum Gasteiger partial charge on any atom is -0.376 e. The van der Waals surface area contributed by atoms with Crippen LogP contribution in [-0.2, 0) is 0 Å². The van der Waals surface area contributed by atoms with E-state index in [0.717, 1.165) is 22.6 Å². The van der Waals surface area contributed by atoms with Gasteiger partial charge in [0.15, 0.2) is 0 Å². The fourth-order valence-corrected chi connectivity index (χ4v) is 2.85. The van der Waals surface area contributed by atoms with E-state index in [9.17, 15) is 4.39 Å². The van der Waals surface area contributed by atoms with E-state index in [-0.39, 0.29) is 11.9 Å². The molecular formula is C16H21BrFN3. The van der Waals surface area contributed by atoms with Crippen LogP contribution in [-0.4, -0.2) is 9.78 Å². The second kappa shape index (κ2) is 6.18. The van der Waals surface area contributed by atoms with Crippen molar-refractivity contribution in [1.82, 2.24) is 9.78 Å². The molecule has 1 atom stereocenters. The van der Waals surface area contributed by atoms with E-state index in [4.69, 9.17) is 0 Å². The van der Waals surface area contributed by atoms with Crippen LogP contribution in [0, 0.1) is 19.7 Å². The van der Waals surface area contributed by atoms with E-state index in [1.54, 1.807) is 6.07 Å². The van der Waals surface area contributed by atoms with Gasteiger partial charge in [-0.25, -0.2) is 4.39 Å². The predicted molar refractivity (Wildman–Crippen MR) is 88.2 cm³/mol. The topological polar surface area (TPSA) is 29.9 Å². The molecule has 0 aliphatic carbocycles. The van der Waals surface area contributed by atoms with E-state index in [2.05, 4.69) is 54.0 Å². The Labute approximate surface area is 133 Å². The molecule has 3 nitrogen and oxygen atoms in total.